The van der Waals surface area contributed by atoms with Crippen molar-refractivity contribution in [3.63, 3.8) is 0 Å². The molecule has 0 radical (unpaired) electrons. The second kappa shape index (κ2) is 21.6. The van der Waals surface area contributed by atoms with Crippen LogP contribution in [0.5, 0.6) is 0 Å². The monoisotopic (exact) mass is 869 g/mol. The molecular weight excluding hydrogens is 823 g/mol. The molecule has 2 fully saturated rings. The summed E-state index contributed by atoms with van der Waals surface area (Å²) in [6, 6.07) is -2.12. The third kappa shape index (κ3) is 14.1. The summed E-state index contributed by atoms with van der Waals surface area (Å²) in [6.07, 6.45) is -1.86. The molecule has 0 aliphatic carbocycles. The Labute approximate surface area is 344 Å². The van der Waals surface area contributed by atoms with Gasteiger partial charge < -0.3 is 63.3 Å². The highest BCUT2D eigenvalue weighted by atomic mass is 33.1. The zero-order valence-corrected chi connectivity index (χ0v) is 34.3. The van der Waals surface area contributed by atoms with Crippen LogP contribution < -0.4 is 48.5 Å². The average molecular weight is 870 g/mol. The molecule has 0 unspecified atom stereocenters. The molecule has 2 aliphatic rings. The second-order valence-electron chi connectivity index (χ2n) is 13.8. The largest absolute Gasteiger partial charge is 0.550 e. The Morgan fingerprint density at radius 1 is 0.879 bits per heavy atom. The molecule has 0 bridgehead atoms. The molecule has 1 aromatic carbocycles. The van der Waals surface area contributed by atoms with Crippen LogP contribution in [-0.2, 0) is 60.9 Å². The van der Waals surface area contributed by atoms with Crippen LogP contribution in [0.3, 0.4) is 0 Å². The Bertz CT molecular complexity index is 1770. The summed E-state index contributed by atoms with van der Waals surface area (Å²) >= 11 is 1.21. The number of carboxylic acid groups (broad SMARTS) is 2. The minimum Gasteiger partial charge on any atom is -0.550 e. The summed E-state index contributed by atoms with van der Waals surface area (Å²) in [5.41, 5.74) is 10.8. The van der Waals surface area contributed by atoms with Crippen LogP contribution in [0.25, 0.3) is 0 Å². The summed E-state index contributed by atoms with van der Waals surface area (Å²) in [5.74, 6) is -11.2. The first-order chi connectivity index (χ1) is 27.2. The zero-order chi connectivity index (χ0) is 43.3. The van der Waals surface area contributed by atoms with Gasteiger partial charge in [0.25, 0.3) is 0 Å². The Hall–Kier alpha value is -5.07. The fourth-order valence-corrected chi connectivity index (χ4v) is 9.30. The van der Waals surface area contributed by atoms with E-state index in [1.165, 1.54) is 11.8 Å². The third-order valence-electron chi connectivity index (χ3n) is 8.79. The van der Waals surface area contributed by atoms with Gasteiger partial charge in [0.1, 0.15) is 36.3 Å². The highest BCUT2D eigenvalue weighted by Gasteiger charge is 2.50. The van der Waals surface area contributed by atoms with Gasteiger partial charge in [0, 0.05) is 47.6 Å². The number of quaternary nitrogens is 1. The van der Waals surface area contributed by atoms with E-state index >= 15 is 0 Å². The molecule has 0 aromatic heterocycles. The van der Waals surface area contributed by atoms with Crippen molar-refractivity contribution in [2.24, 2.45) is 5.73 Å². The predicted molar refractivity (Wildman–Crippen MR) is 208 cm³/mol. The van der Waals surface area contributed by atoms with Gasteiger partial charge in [0.2, 0.25) is 47.3 Å². The van der Waals surface area contributed by atoms with Crippen molar-refractivity contribution in [3.05, 3.63) is 35.4 Å². The molecule has 24 heteroatoms. The van der Waals surface area contributed by atoms with Gasteiger partial charge in [-0.15, -0.1) is 11.8 Å². The zero-order valence-electron chi connectivity index (χ0n) is 31.8. The molecule has 2 saturated heterocycles. The summed E-state index contributed by atoms with van der Waals surface area (Å²) in [4.78, 5) is 131. The van der Waals surface area contributed by atoms with Crippen LogP contribution >= 0.6 is 33.3 Å². The fraction of sp³-hybridized carbons (Fsp3) is 0.529. The van der Waals surface area contributed by atoms with Gasteiger partial charge in [-0.1, -0.05) is 45.9 Å². The van der Waals surface area contributed by atoms with Crippen LogP contribution in [0.4, 0.5) is 0 Å². The number of aliphatic carboxylic acids is 2. The van der Waals surface area contributed by atoms with Crippen LogP contribution in [-0.4, -0.2) is 134 Å². The summed E-state index contributed by atoms with van der Waals surface area (Å²) < 4.78 is -0.987. The number of carbonyl (C=O) groups is 10. The first kappa shape index (κ1) is 47.3. The lowest BCUT2D eigenvalue weighted by Crippen LogP contribution is -2.61. The number of benzene rings is 1. The molecule has 21 nitrogen and oxygen atoms in total. The number of rotatable bonds is 9. The van der Waals surface area contributed by atoms with E-state index in [2.05, 4.69) is 37.6 Å². The van der Waals surface area contributed by atoms with E-state index in [4.69, 9.17) is 5.73 Å². The average Bonchev–Trinajstić information content (AvgIpc) is 3.46. The molecule has 0 saturated carbocycles. The van der Waals surface area contributed by atoms with E-state index in [9.17, 15) is 58.2 Å². The molecule has 318 valence electrons. The second-order valence-corrected chi connectivity index (χ2v) is 17.9. The number of nitrogens with zero attached hydrogens (tertiary/aromatic N) is 1. The lowest BCUT2D eigenvalue weighted by atomic mass is 9.98. The first-order valence-electron chi connectivity index (χ1n) is 17.7. The van der Waals surface area contributed by atoms with E-state index in [1.54, 1.807) is 38.1 Å². The van der Waals surface area contributed by atoms with Crippen molar-refractivity contribution >= 4 is 92.5 Å². The van der Waals surface area contributed by atoms with Gasteiger partial charge in [-0.2, -0.15) is 0 Å². The number of thioether (sulfide) groups is 1. The first-order valence-corrected chi connectivity index (χ1v) is 21.2. The fourth-order valence-electron chi connectivity index (χ4n) is 5.84. The quantitative estimate of drug-likeness (QED) is 0.105. The molecule has 6 atom stereocenters. The van der Waals surface area contributed by atoms with Crippen molar-refractivity contribution in [2.45, 2.75) is 87.6 Å². The number of primary amides is 1. The molecular formula is C34H47N9O12S3. The van der Waals surface area contributed by atoms with Gasteiger partial charge >= 0.3 is 5.97 Å². The normalized spacial score (nSPS) is 25.5. The van der Waals surface area contributed by atoms with Crippen molar-refractivity contribution < 1.29 is 63.9 Å². The number of nitrogens with two attached hydrogens (primary N) is 1. The summed E-state index contributed by atoms with van der Waals surface area (Å²) in [5, 5.41) is 35.5. The number of hydrogen-bond acceptors (Lipinski definition) is 14. The van der Waals surface area contributed by atoms with Crippen molar-refractivity contribution in [1.82, 2.24) is 36.8 Å². The van der Waals surface area contributed by atoms with Crippen LogP contribution in [0, 0.1) is 0 Å². The molecule has 58 heavy (non-hydrogen) atoms. The number of carboxylic acids is 2. The molecule has 3 rings (SSSR count). The predicted octanol–water partition coefficient (Wildman–Crippen LogP) is -5.29. The highest BCUT2D eigenvalue weighted by molar-refractivity contribution is 8.76. The minimum atomic E-state index is -1.83. The van der Waals surface area contributed by atoms with Crippen molar-refractivity contribution in [2.75, 3.05) is 23.9 Å². The van der Waals surface area contributed by atoms with Crippen LogP contribution in [0.1, 0.15) is 44.7 Å². The highest BCUT2D eigenvalue weighted by Crippen LogP contribution is 2.40. The molecule has 12 N–H and O–H groups in total. The molecule has 2 aliphatic heterocycles. The maximum Gasteiger partial charge on any atom is 0.327 e. The van der Waals surface area contributed by atoms with E-state index in [1.807, 2.05) is 0 Å². The van der Waals surface area contributed by atoms with Crippen molar-refractivity contribution in [1.29, 1.82) is 0 Å². The molecule has 0 spiro atoms. The van der Waals surface area contributed by atoms with E-state index in [0.29, 0.717) is 12.1 Å². The van der Waals surface area contributed by atoms with Gasteiger partial charge in [-0.05, 0) is 19.4 Å². The number of nitrogens with one attached hydrogen (secondary N) is 6. The Morgan fingerprint density at radius 3 is 2.09 bits per heavy atom. The Kier molecular flexibility index (Phi) is 17.6. The van der Waals surface area contributed by atoms with E-state index < -0.39 is 120 Å². The smallest absolute Gasteiger partial charge is 0.327 e. The summed E-state index contributed by atoms with van der Waals surface area (Å²) in [6.45, 7) is 4.14. The number of fused-ring (bicyclic) bond motifs is 1. The van der Waals surface area contributed by atoms with Gasteiger partial charge in [0.15, 0.2) is 0 Å². The minimum absolute atomic E-state index is 0.0786. The topological polar surface area (TPSA) is 343 Å². The lowest BCUT2D eigenvalue weighted by molar-refractivity contribution is -0.386. The SMILES string of the molecule is CC(=O)N[C@H]1CSSC[C@@H](C(=O)O)NC(=O)[C@H](CC(=O)[O-])NC(=O)CNC(=O)[C@H](Cc2ccc(C[NH3+])cc2)NC(=O)[C@H]2N(CSC2(C)C)C(=O)[C@H](CC(N)=O)NC1=O. The maximum absolute atomic E-state index is 14.2. The third-order valence-corrected chi connectivity index (χ3v) is 12.6. The van der Waals surface area contributed by atoms with Crippen molar-refractivity contribution in [3.8, 4) is 0 Å². The molecule has 2 heterocycles. The van der Waals surface area contributed by atoms with E-state index in [0.717, 1.165) is 39.0 Å². The van der Waals surface area contributed by atoms with Gasteiger partial charge in [-0.3, -0.25) is 38.4 Å². The number of hydrogen-bond donors (Lipinski definition) is 9. The number of amides is 8. The Morgan fingerprint density at radius 2 is 1.50 bits per heavy atom. The number of carbonyl (C=O) groups excluding carboxylic acids is 9. The van der Waals surface area contributed by atoms with E-state index in [-0.39, 0.29) is 23.8 Å². The molecule has 1 aromatic rings. The Balaban J connectivity index is 2.07. The lowest BCUT2D eigenvalue weighted by Gasteiger charge is -2.33. The van der Waals surface area contributed by atoms with Crippen LogP contribution in [0.15, 0.2) is 24.3 Å². The van der Waals surface area contributed by atoms with Crippen LogP contribution in [0.2, 0.25) is 0 Å². The molecule has 8 amide bonds. The maximum atomic E-state index is 14.2. The summed E-state index contributed by atoms with van der Waals surface area (Å²) in [7, 11) is 1.75. The standard InChI is InChI=1S/C34H47N9O12S3/c1-16(44)38-22-13-57-58-14-23(33(54)55)42-29(50)20(10-26(47)48)39-25(46)12-37-28(49)19(8-17-4-6-18(11-35)7-5-17)40-31(52)27-34(2,3)56-15-43(27)32(53)21(9-24(36)45)41-30(22)51/h4-7,19-23,27H,8-15,35H2,1-3H3,(H2,36,45)(H,37,49)(H,38,44)(H,39,46)(H,40,52)(H,41,51)(H,42,50)(H,47,48)(H,54,55)/t19-,20-,21-,22-,23-,27+/m0/s1. The van der Waals surface area contributed by atoms with Gasteiger partial charge in [-0.25, -0.2) is 4.79 Å². The van der Waals surface area contributed by atoms with Gasteiger partial charge in [0.05, 0.1) is 25.4 Å².